The molecule has 338 valence electrons. The number of benzene rings is 3. The van der Waals surface area contributed by atoms with E-state index < -0.39 is 0 Å². The normalized spacial score (nSPS) is 12.1. The Kier molecular flexibility index (Phi) is 24.9. The van der Waals surface area contributed by atoms with E-state index in [0.29, 0.717) is 6.42 Å². The molecule has 9 heteroatoms. The molecule has 0 bridgehead atoms. The predicted molar refractivity (Wildman–Crippen MR) is 253 cm³/mol. The van der Waals surface area contributed by atoms with Gasteiger partial charge in [-0.25, -0.2) is 0 Å². The first kappa shape index (κ1) is 52.2. The molecule has 3 unspecified atom stereocenters. The number of nitrogens with zero attached hydrogens (tertiary/aromatic N) is 3. The fourth-order valence-electron chi connectivity index (χ4n) is 7.56. The molecule has 63 heavy (non-hydrogen) atoms. The standard InChI is InChI=1S/2C18H23NO2.C18H24NO.ClH/c1-2-3-11-17(14-20)19-12-7-10-16(18(19)21)13-15-8-5-4-6-9-15;1-2-3-9-17(14-20)19-13-16(10-11-18(19)21)12-15-7-5-4-6-8-15;1-2-3-11-18(15-20)19-12-7-10-17(14-19)13-16-8-5-4-6-9-16;/h4-10,12,17,20H,2-3,11,13-14H2,1H3;4-8,10-11,13,17,20H,2-3,9,12,14H2,1H3;4-10,12,14,18,20H,2-3,11,13,15H2,1H3;1H/q;;+1;/p-1. The van der Waals surface area contributed by atoms with Crippen molar-refractivity contribution in [1.82, 2.24) is 9.13 Å². The second-order valence-corrected chi connectivity index (χ2v) is 16.1. The molecule has 0 saturated carbocycles. The molecule has 0 saturated heterocycles. The van der Waals surface area contributed by atoms with Crippen molar-refractivity contribution in [1.29, 1.82) is 0 Å². The number of aliphatic hydroxyl groups excluding tert-OH is 3. The first-order chi connectivity index (χ1) is 30.3. The van der Waals surface area contributed by atoms with E-state index >= 15 is 0 Å². The molecule has 0 amide bonds. The van der Waals surface area contributed by atoms with E-state index in [9.17, 15) is 24.9 Å². The first-order valence-electron chi connectivity index (χ1n) is 22.7. The second kappa shape index (κ2) is 30.1. The Morgan fingerprint density at radius 3 is 1.52 bits per heavy atom. The van der Waals surface area contributed by atoms with Crippen LogP contribution in [-0.4, -0.2) is 44.3 Å². The van der Waals surface area contributed by atoms with Crippen LogP contribution in [0.1, 0.15) is 130 Å². The van der Waals surface area contributed by atoms with Crippen molar-refractivity contribution >= 4 is 0 Å². The van der Waals surface area contributed by atoms with Gasteiger partial charge in [-0.05, 0) is 60.1 Å². The number of unbranched alkanes of at least 4 members (excludes halogenated alkanes) is 3. The SMILES string of the molecule is CCCCC(CO)[n+]1cccc(Cc2ccccc2)c1.CCCCC(CO)n1cc(Cc2ccccc2)ccc1=O.CCCCC(CO)n1cccc(Cc2ccccc2)c1=O.[Cl-]. The molecule has 0 radical (unpaired) electrons. The third kappa shape index (κ3) is 17.9. The van der Waals surface area contributed by atoms with Crippen LogP contribution in [0.5, 0.6) is 0 Å². The van der Waals surface area contributed by atoms with Crippen LogP contribution < -0.4 is 28.1 Å². The number of hydrogen-bond acceptors (Lipinski definition) is 5. The molecular weight excluding hydrogens is 806 g/mol. The van der Waals surface area contributed by atoms with Gasteiger partial charge < -0.3 is 36.9 Å². The Hall–Kier alpha value is -5.12. The zero-order chi connectivity index (χ0) is 44.4. The molecule has 8 nitrogen and oxygen atoms in total. The summed E-state index contributed by atoms with van der Waals surface area (Å²) in [7, 11) is 0. The molecule has 0 aliphatic rings. The van der Waals surface area contributed by atoms with Crippen LogP contribution >= 0.6 is 0 Å². The topological polar surface area (TPSA) is 109 Å². The zero-order valence-corrected chi connectivity index (χ0v) is 38.4. The summed E-state index contributed by atoms with van der Waals surface area (Å²) in [6.45, 7) is 6.64. The van der Waals surface area contributed by atoms with Gasteiger partial charge in [0.25, 0.3) is 11.1 Å². The largest absolute Gasteiger partial charge is 1.00 e. The number of pyridine rings is 3. The summed E-state index contributed by atoms with van der Waals surface area (Å²) in [6.07, 6.45) is 19.5. The molecule has 3 atom stereocenters. The Bertz CT molecular complexity index is 2220. The van der Waals surface area contributed by atoms with Crippen LogP contribution in [0.2, 0.25) is 0 Å². The lowest BCUT2D eigenvalue weighted by atomic mass is 10.1. The fraction of sp³-hybridized carbons (Fsp3) is 0.389. The molecule has 0 aliphatic heterocycles. The minimum Gasteiger partial charge on any atom is -1.00 e. The molecule has 3 heterocycles. The number of hydrogen-bond donors (Lipinski definition) is 3. The lowest BCUT2D eigenvalue weighted by Crippen LogP contribution is -3.00. The highest BCUT2D eigenvalue weighted by Crippen LogP contribution is 2.17. The summed E-state index contributed by atoms with van der Waals surface area (Å²) in [5.41, 5.74) is 6.79. The van der Waals surface area contributed by atoms with Gasteiger partial charge in [-0.2, -0.15) is 4.57 Å². The summed E-state index contributed by atoms with van der Waals surface area (Å²) >= 11 is 0. The summed E-state index contributed by atoms with van der Waals surface area (Å²) in [5, 5.41) is 28.7. The van der Waals surface area contributed by atoms with Gasteiger partial charge in [-0.15, -0.1) is 0 Å². The van der Waals surface area contributed by atoms with Crippen LogP contribution in [0, 0.1) is 0 Å². The van der Waals surface area contributed by atoms with E-state index in [0.717, 1.165) is 80.9 Å². The Morgan fingerprint density at radius 2 is 1.00 bits per heavy atom. The maximum Gasteiger partial charge on any atom is 0.254 e. The summed E-state index contributed by atoms with van der Waals surface area (Å²) in [6, 6.07) is 42.1. The van der Waals surface area contributed by atoms with Crippen molar-refractivity contribution in [2.45, 2.75) is 116 Å². The fourth-order valence-corrected chi connectivity index (χ4v) is 7.56. The molecule has 0 spiro atoms. The lowest BCUT2D eigenvalue weighted by molar-refractivity contribution is -0.725. The van der Waals surface area contributed by atoms with E-state index in [-0.39, 0.29) is 61.5 Å². The monoisotopic (exact) mass is 876 g/mol. The third-order valence-corrected chi connectivity index (χ3v) is 11.2. The Balaban J connectivity index is 0.000000250. The van der Waals surface area contributed by atoms with Crippen LogP contribution in [0.15, 0.2) is 162 Å². The van der Waals surface area contributed by atoms with Crippen LogP contribution in [0.25, 0.3) is 0 Å². The van der Waals surface area contributed by atoms with Crippen LogP contribution in [0.4, 0.5) is 0 Å². The third-order valence-electron chi connectivity index (χ3n) is 11.2. The summed E-state index contributed by atoms with van der Waals surface area (Å²) in [4.78, 5) is 24.6. The Labute approximate surface area is 382 Å². The minimum atomic E-state index is -0.117. The van der Waals surface area contributed by atoms with Gasteiger partial charge in [-0.1, -0.05) is 156 Å². The minimum absolute atomic E-state index is 0. The number of aromatic nitrogens is 3. The molecule has 3 aromatic heterocycles. The molecular formula is C54H70ClN3O5. The highest BCUT2D eigenvalue weighted by Gasteiger charge is 2.17. The van der Waals surface area contributed by atoms with Crippen molar-refractivity contribution in [2.24, 2.45) is 0 Å². The molecule has 6 aromatic rings. The van der Waals surface area contributed by atoms with Crippen molar-refractivity contribution in [3.8, 4) is 0 Å². The van der Waals surface area contributed by atoms with Gasteiger partial charge in [0.05, 0.1) is 25.3 Å². The van der Waals surface area contributed by atoms with E-state index in [2.05, 4.69) is 86.3 Å². The highest BCUT2D eigenvalue weighted by atomic mass is 35.5. The number of rotatable bonds is 21. The highest BCUT2D eigenvalue weighted by molar-refractivity contribution is 5.26. The average Bonchev–Trinajstić information content (AvgIpc) is 3.31. The number of halogens is 1. The van der Waals surface area contributed by atoms with Gasteiger partial charge in [0.15, 0.2) is 18.4 Å². The van der Waals surface area contributed by atoms with E-state index in [4.69, 9.17) is 0 Å². The maximum absolute atomic E-state index is 12.6. The smallest absolute Gasteiger partial charge is 0.254 e. The van der Waals surface area contributed by atoms with Crippen molar-refractivity contribution in [2.75, 3.05) is 19.8 Å². The summed E-state index contributed by atoms with van der Waals surface area (Å²) in [5.74, 6) is 0. The van der Waals surface area contributed by atoms with Gasteiger partial charge in [0.1, 0.15) is 6.61 Å². The molecule has 0 aliphatic carbocycles. The second-order valence-electron chi connectivity index (χ2n) is 16.1. The molecule has 3 aromatic carbocycles. The van der Waals surface area contributed by atoms with E-state index in [1.807, 2.05) is 79.0 Å². The van der Waals surface area contributed by atoms with Crippen LogP contribution in [-0.2, 0) is 19.3 Å². The molecule has 6 rings (SSSR count). The molecule has 0 fully saturated rings. The maximum atomic E-state index is 12.6. The summed E-state index contributed by atoms with van der Waals surface area (Å²) < 4.78 is 5.54. The lowest BCUT2D eigenvalue weighted by Gasteiger charge is -2.18. The quantitative estimate of drug-likeness (QED) is 0.0706. The predicted octanol–water partition coefficient (Wildman–Crippen LogP) is 6.62. The van der Waals surface area contributed by atoms with Gasteiger partial charge in [0, 0.05) is 54.9 Å². The van der Waals surface area contributed by atoms with Gasteiger partial charge >= 0.3 is 0 Å². The van der Waals surface area contributed by atoms with Crippen LogP contribution in [0.3, 0.4) is 0 Å². The molecule has 3 N–H and O–H groups in total. The van der Waals surface area contributed by atoms with Crippen molar-refractivity contribution < 1.29 is 32.3 Å². The first-order valence-corrected chi connectivity index (χ1v) is 22.7. The van der Waals surface area contributed by atoms with Gasteiger partial charge in [-0.3, -0.25) is 9.59 Å². The van der Waals surface area contributed by atoms with Gasteiger partial charge in [0.2, 0.25) is 0 Å². The number of aliphatic hydroxyl groups is 3. The van der Waals surface area contributed by atoms with E-state index in [1.54, 1.807) is 21.4 Å². The Morgan fingerprint density at radius 1 is 0.508 bits per heavy atom. The van der Waals surface area contributed by atoms with Crippen molar-refractivity contribution in [3.05, 3.63) is 206 Å². The van der Waals surface area contributed by atoms with E-state index in [1.165, 1.54) is 23.1 Å². The average molecular weight is 877 g/mol. The zero-order valence-electron chi connectivity index (χ0n) is 37.7. The van der Waals surface area contributed by atoms with Crippen molar-refractivity contribution in [3.63, 3.8) is 0 Å².